The maximum Gasteiger partial charge on any atom is 0.161 e. The van der Waals surface area contributed by atoms with E-state index in [0.29, 0.717) is 46.7 Å². The molecule has 1 heterocycles. The van der Waals surface area contributed by atoms with Gasteiger partial charge in [0.15, 0.2) is 5.78 Å². The molecule has 0 amide bonds. The Morgan fingerprint density at radius 3 is 2.35 bits per heavy atom. The van der Waals surface area contributed by atoms with Gasteiger partial charge in [-0.3, -0.25) is 15.1 Å². The third-order valence-corrected chi connectivity index (χ3v) is 7.20. The lowest BCUT2D eigenvalue weighted by Gasteiger charge is -2.42. The minimum absolute atomic E-state index is 0.0134. The minimum atomic E-state index is -0.553. The van der Waals surface area contributed by atoms with Gasteiger partial charge in [0.25, 0.3) is 0 Å². The number of amidine groups is 1. The van der Waals surface area contributed by atoms with Crippen molar-refractivity contribution in [3.63, 3.8) is 0 Å². The molecule has 0 aromatic heterocycles. The lowest BCUT2D eigenvalue weighted by atomic mass is 9.73. The van der Waals surface area contributed by atoms with Crippen LogP contribution in [0.25, 0.3) is 5.76 Å². The van der Waals surface area contributed by atoms with Gasteiger partial charge < -0.3 is 5.11 Å². The van der Waals surface area contributed by atoms with Crippen LogP contribution < -0.4 is 4.90 Å². The first-order valence-electron chi connectivity index (χ1n) is 11.1. The molecule has 4 nitrogen and oxygen atoms in total. The highest BCUT2D eigenvalue weighted by Crippen LogP contribution is 2.48. The second-order valence-electron chi connectivity index (χ2n) is 8.39. The van der Waals surface area contributed by atoms with Crippen molar-refractivity contribution in [2.45, 2.75) is 25.2 Å². The summed E-state index contributed by atoms with van der Waals surface area (Å²) in [7, 11) is 0. The lowest BCUT2D eigenvalue weighted by Crippen LogP contribution is -2.42. The van der Waals surface area contributed by atoms with Gasteiger partial charge in [0.1, 0.15) is 11.6 Å². The SMILES string of the molecule is N=C1/C(=C(/O)c2ccccc2)[C@H](c2ccc(Br)cc2)C2=C(CCCC2=O)N1c1ccccc1Cl. The van der Waals surface area contributed by atoms with Crippen molar-refractivity contribution in [3.05, 3.63) is 116 Å². The van der Waals surface area contributed by atoms with Gasteiger partial charge in [-0.25, -0.2) is 0 Å². The Bertz CT molecular complexity index is 1350. The number of allylic oxidation sites excluding steroid dienone is 2. The van der Waals surface area contributed by atoms with Gasteiger partial charge in [-0.2, -0.15) is 0 Å². The lowest BCUT2D eigenvalue weighted by molar-refractivity contribution is -0.116. The fourth-order valence-corrected chi connectivity index (χ4v) is 5.32. The summed E-state index contributed by atoms with van der Waals surface area (Å²) in [4.78, 5) is 15.2. The summed E-state index contributed by atoms with van der Waals surface area (Å²) < 4.78 is 0.918. The van der Waals surface area contributed by atoms with Crippen LogP contribution in [-0.4, -0.2) is 16.7 Å². The monoisotopic (exact) mass is 532 g/mol. The Morgan fingerprint density at radius 1 is 0.971 bits per heavy atom. The maximum atomic E-state index is 13.5. The highest BCUT2D eigenvalue weighted by molar-refractivity contribution is 9.10. The van der Waals surface area contributed by atoms with Gasteiger partial charge in [-0.1, -0.05) is 82.1 Å². The topological polar surface area (TPSA) is 64.4 Å². The molecule has 1 aliphatic carbocycles. The van der Waals surface area contributed by atoms with Crippen LogP contribution in [0.3, 0.4) is 0 Å². The summed E-state index contributed by atoms with van der Waals surface area (Å²) in [5.74, 6) is -0.407. The van der Waals surface area contributed by atoms with E-state index in [1.165, 1.54) is 0 Å². The molecule has 5 rings (SSSR count). The van der Waals surface area contributed by atoms with E-state index in [9.17, 15) is 15.3 Å². The van der Waals surface area contributed by atoms with Crippen molar-refractivity contribution in [2.24, 2.45) is 0 Å². The summed E-state index contributed by atoms with van der Waals surface area (Å²) in [5.41, 5.74) is 3.88. The number of hydrogen-bond acceptors (Lipinski definition) is 3. The van der Waals surface area contributed by atoms with E-state index in [0.717, 1.165) is 15.7 Å². The second-order valence-corrected chi connectivity index (χ2v) is 9.71. The number of anilines is 1. The van der Waals surface area contributed by atoms with Crippen LogP contribution >= 0.6 is 27.5 Å². The molecule has 3 aromatic carbocycles. The predicted molar refractivity (Wildman–Crippen MR) is 140 cm³/mol. The van der Waals surface area contributed by atoms with Gasteiger partial charge >= 0.3 is 0 Å². The smallest absolute Gasteiger partial charge is 0.161 e. The van der Waals surface area contributed by atoms with Crippen LogP contribution in [0.2, 0.25) is 5.02 Å². The fraction of sp³-hybridized carbons (Fsp3) is 0.143. The molecule has 170 valence electrons. The number of carbonyl (C=O) groups excluding carboxylic acids is 1. The molecule has 0 saturated carbocycles. The Kier molecular flexibility index (Phi) is 6.15. The zero-order valence-electron chi connectivity index (χ0n) is 18.3. The summed E-state index contributed by atoms with van der Waals surface area (Å²) in [6.07, 6.45) is 1.80. The van der Waals surface area contributed by atoms with Crippen LogP contribution in [0.4, 0.5) is 5.69 Å². The van der Waals surface area contributed by atoms with Crippen LogP contribution in [0.5, 0.6) is 0 Å². The molecule has 1 aliphatic heterocycles. The summed E-state index contributed by atoms with van der Waals surface area (Å²) in [6.45, 7) is 0. The Hall–Kier alpha value is -3.15. The molecule has 1 atom stereocenters. The Morgan fingerprint density at radius 2 is 1.65 bits per heavy atom. The molecular formula is C28H22BrClN2O2. The number of carbonyl (C=O) groups is 1. The van der Waals surface area contributed by atoms with Gasteiger partial charge in [0, 0.05) is 39.2 Å². The van der Waals surface area contributed by atoms with Crippen molar-refractivity contribution >= 4 is 50.6 Å². The van der Waals surface area contributed by atoms with Crippen molar-refractivity contribution in [3.8, 4) is 0 Å². The zero-order chi connectivity index (χ0) is 23.8. The molecule has 3 aromatic rings. The first-order chi connectivity index (χ1) is 16.5. The number of Topliss-reactive ketones (excluding diaryl/α,β-unsaturated/α-hetero) is 1. The van der Waals surface area contributed by atoms with E-state index in [2.05, 4.69) is 15.9 Å². The highest BCUT2D eigenvalue weighted by Gasteiger charge is 2.43. The van der Waals surface area contributed by atoms with E-state index in [4.69, 9.17) is 11.6 Å². The number of para-hydroxylation sites is 1. The number of halogens is 2. The number of rotatable bonds is 3. The molecular weight excluding hydrogens is 512 g/mol. The van der Waals surface area contributed by atoms with Gasteiger partial charge in [-0.05, 0) is 42.7 Å². The van der Waals surface area contributed by atoms with E-state index in [1.54, 1.807) is 23.1 Å². The molecule has 2 aliphatic rings. The number of nitrogens with one attached hydrogen (secondary N) is 1. The average Bonchev–Trinajstić information content (AvgIpc) is 2.85. The number of nitrogens with zero attached hydrogens (tertiary/aromatic N) is 1. The van der Waals surface area contributed by atoms with Crippen molar-refractivity contribution in [1.82, 2.24) is 0 Å². The molecule has 2 N–H and O–H groups in total. The van der Waals surface area contributed by atoms with Crippen LogP contribution in [0, 0.1) is 5.41 Å². The minimum Gasteiger partial charge on any atom is -0.507 e. The molecule has 6 heteroatoms. The van der Waals surface area contributed by atoms with E-state index >= 15 is 0 Å². The number of hydrogen-bond donors (Lipinski definition) is 2. The number of aliphatic hydroxyl groups is 1. The summed E-state index contributed by atoms with van der Waals surface area (Å²) in [6, 6.07) is 24.2. The van der Waals surface area contributed by atoms with E-state index in [1.807, 2.05) is 60.7 Å². The third-order valence-electron chi connectivity index (χ3n) is 6.35. The zero-order valence-corrected chi connectivity index (χ0v) is 20.6. The Balaban J connectivity index is 1.84. The molecule has 0 radical (unpaired) electrons. The molecule has 0 saturated heterocycles. The van der Waals surface area contributed by atoms with Gasteiger partial charge in [-0.15, -0.1) is 0 Å². The summed E-state index contributed by atoms with van der Waals surface area (Å²) in [5, 5.41) is 21.4. The van der Waals surface area contributed by atoms with Crippen molar-refractivity contribution < 1.29 is 9.90 Å². The normalized spacial score (nSPS) is 19.8. The van der Waals surface area contributed by atoms with Gasteiger partial charge in [0.05, 0.1) is 10.7 Å². The molecule has 34 heavy (non-hydrogen) atoms. The highest BCUT2D eigenvalue weighted by atomic mass is 79.9. The van der Waals surface area contributed by atoms with Crippen LogP contribution in [0.1, 0.15) is 36.3 Å². The number of benzene rings is 3. The quantitative estimate of drug-likeness (QED) is 0.340. The molecule has 0 bridgehead atoms. The first kappa shape index (κ1) is 22.6. The van der Waals surface area contributed by atoms with Crippen LogP contribution in [-0.2, 0) is 4.79 Å². The Labute approximate surface area is 211 Å². The fourth-order valence-electron chi connectivity index (χ4n) is 4.83. The van der Waals surface area contributed by atoms with Gasteiger partial charge in [0.2, 0.25) is 0 Å². The third kappa shape index (κ3) is 3.89. The largest absolute Gasteiger partial charge is 0.507 e. The first-order valence-corrected chi connectivity index (χ1v) is 12.3. The van der Waals surface area contributed by atoms with Crippen LogP contribution in [0.15, 0.2) is 100 Å². The molecule has 0 fully saturated rings. The molecule has 0 spiro atoms. The maximum absolute atomic E-state index is 13.5. The average molecular weight is 534 g/mol. The second kappa shape index (κ2) is 9.24. The van der Waals surface area contributed by atoms with E-state index in [-0.39, 0.29) is 17.4 Å². The summed E-state index contributed by atoms with van der Waals surface area (Å²) >= 11 is 10.1. The van der Waals surface area contributed by atoms with Crippen molar-refractivity contribution in [1.29, 1.82) is 5.41 Å². The van der Waals surface area contributed by atoms with E-state index < -0.39 is 5.92 Å². The van der Waals surface area contributed by atoms with Crippen molar-refractivity contribution in [2.75, 3.05) is 4.90 Å². The predicted octanol–water partition coefficient (Wildman–Crippen LogP) is 7.66. The number of ketones is 1. The molecule has 0 unspecified atom stereocenters. The standard InChI is InChI=1S/C28H22BrClN2O2/c29-19-15-13-17(14-16-19)24-25-22(11-6-12-23(25)33)32(21-10-5-4-9-20(21)30)28(31)26(24)27(34)18-7-2-1-3-8-18/h1-5,7-10,13-16,24,31,34H,6,11-12H2/b27-26+,31-28?/t24-/m1/s1. The number of aliphatic hydroxyl groups excluding tert-OH is 1.